The Labute approximate surface area is 140 Å². The Morgan fingerprint density at radius 1 is 1.20 bits per heavy atom. The predicted molar refractivity (Wildman–Crippen MR) is 87.9 cm³/mol. The van der Waals surface area contributed by atoms with Crippen LogP contribution in [0.3, 0.4) is 0 Å². The zero-order valence-corrected chi connectivity index (χ0v) is 13.1. The number of aromatic carboxylic acids is 1. The minimum Gasteiger partial charge on any atom is -0.508 e. The number of carbonyl (C=O) groups is 1. The van der Waals surface area contributed by atoms with Crippen LogP contribution in [0.25, 0.3) is 22.0 Å². The lowest BCUT2D eigenvalue weighted by molar-refractivity contribution is 0.0695. The first-order valence-electron chi connectivity index (χ1n) is 7.43. The van der Waals surface area contributed by atoms with Gasteiger partial charge in [-0.05, 0) is 30.7 Å². The van der Waals surface area contributed by atoms with Crippen molar-refractivity contribution in [3.63, 3.8) is 0 Å². The maximum absolute atomic E-state index is 15.1. The van der Waals surface area contributed by atoms with Gasteiger partial charge < -0.3 is 14.8 Å². The number of carboxylic acid groups (broad SMARTS) is 1. The van der Waals surface area contributed by atoms with Crippen molar-refractivity contribution in [2.45, 2.75) is 13.5 Å². The van der Waals surface area contributed by atoms with Crippen molar-refractivity contribution < 1.29 is 23.8 Å². The Bertz CT molecular complexity index is 1060. The molecule has 0 saturated carbocycles. The number of phenols is 1. The maximum atomic E-state index is 15.1. The molecular formula is C18H13F2NO4. The largest absolute Gasteiger partial charge is 0.508 e. The van der Waals surface area contributed by atoms with E-state index >= 15 is 4.39 Å². The monoisotopic (exact) mass is 345 g/mol. The maximum Gasteiger partial charge on any atom is 0.341 e. The minimum absolute atomic E-state index is 0.0538. The number of hydrogen-bond acceptors (Lipinski definition) is 3. The molecule has 2 N–H and O–H groups in total. The molecule has 0 aliphatic carbocycles. The quantitative estimate of drug-likeness (QED) is 0.763. The lowest BCUT2D eigenvalue weighted by atomic mass is 10.0. The van der Waals surface area contributed by atoms with Gasteiger partial charge in [-0.2, -0.15) is 0 Å². The number of aromatic hydroxyl groups is 1. The fourth-order valence-electron chi connectivity index (χ4n) is 2.78. The van der Waals surface area contributed by atoms with E-state index < -0.39 is 28.6 Å². The van der Waals surface area contributed by atoms with Crippen molar-refractivity contribution in [3.8, 4) is 16.9 Å². The number of benzene rings is 2. The summed E-state index contributed by atoms with van der Waals surface area (Å²) in [5.41, 5.74) is -1.82. The van der Waals surface area contributed by atoms with Crippen LogP contribution in [0.4, 0.5) is 8.78 Å². The first-order chi connectivity index (χ1) is 11.8. The summed E-state index contributed by atoms with van der Waals surface area (Å²) in [5.74, 6) is -3.46. The Kier molecular flexibility index (Phi) is 4.00. The highest BCUT2D eigenvalue weighted by atomic mass is 19.1. The highest BCUT2D eigenvalue weighted by molar-refractivity contribution is 5.94. The van der Waals surface area contributed by atoms with E-state index in [1.165, 1.54) is 28.8 Å². The molecule has 7 heteroatoms. The third kappa shape index (κ3) is 2.63. The fourth-order valence-corrected chi connectivity index (χ4v) is 2.78. The number of rotatable bonds is 3. The van der Waals surface area contributed by atoms with Gasteiger partial charge in [-0.3, -0.25) is 4.79 Å². The second kappa shape index (κ2) is 6.01. The summed E-state index contributed by atoms with van der Waals surface area (Å²) in [5, 5.41) is 18.1. The van der Waals surface area contributed by atoms with Crippen molar-refractivity contribution in [3.05, 3.63) is 63.9 Å². The van der Waals surface area contributed by atoms with E-state index in [4.69, 9.17) is 5.11 Å². The third-order valence-corrected chi connectivity index (χ3v) is 3.98. The Morgan fingerprint density at radius 2 is 1.84 bits per heavy atom. The molecule has 0 amide bonds. The number of halogens is 2. The molecule has 0 saturated heterocycles. The summed E-state index contributed by atoms with van der Waals surface area (Å²) in [6.07, 6.45) is 1.05. The van der Waals surface area contributed by atoms with Gasteiger partial charge in [0.15, 0.2) is 5.82 Å². The van der Waals surface area contributed by atoms with Crippen molar-refractivity contribution >= 4 is 16.9 Å². The molecule has 0 spiro atoms. The molecule has 25 heavy (non-hydrogen) atoms. The molecule has 5 nitrogen and oxygen atoms in total. The normalized spacial score (nSPS) is 11.0. The van der Waals surface area contributed by atoms with E-state index in [2.05, 4.69) is 0 Å². The average molecular weight is 345 g/mol. The van der Waals surface area contributed by atoms with Gasteiger partial charge in [0.25, 0.3) is 0 Å². The number of hydrogen-bond donors (Lipinski definition) is 2. The van der Waals surface area contributed by atoms with Gasteiger partial charge >= 0.3 is 5.97 Å². The van der Waals surface area contributed by atoms with E-state index in [0.29, 0.717) is 0 Å². The van der Waals surface area contributed by atoms with E-state index in [1.807, 2.05) is 0 Å². The topological polar surface area (TPSA) is 79.5 Å². The lowest BCUT2D eigenvalue weighted by Gasteiger charge is -2.14. The zero-order valence-electron chi connectivity index (χ0n) is 13.1. The van der Waals surface area contributed by atoms with Crippen LogP contribution < -0.4 is 5.43 Å². The zero-order chi connectivity index (χ0) is 18.3. The molecular weight excluding hydrogens is 332 g/mol. The van der Waals surface area contributed by atoms with Crippen LogP contribution in [0, 0.1) is 11.6 Å². The van der Waals surface area contributed by atoms with Crippen LogP contribution in [0.2, 0.25) is 0 Å². The molecule has 0 atom stereocenters. The van der Waals surface area contributed by atoms with Crippen molar-refractivity contribution in [1.82, 2.24) is 4.57 Å². The minimum atomic E-state index is -1.46. The molecule has 1 heterocycles. The number of aromatic nitrogens is 1. The Hall–Kier alpha value is -3.22. The SMILES string of the molecule is CCn1cc(C(=O)O)c(=O)c2cc(F)c(-c3ccc(O)cc3)c(F)c21. The molecule has 3 rings (SSSR count). The standard InChI is InChI=1S/C18H13F2NO4/c1-2-21-8-12(18(24)25)17(23)11-7-13(19)14(15(20)16(11)21)9-3-5-10(22)6-4-9/h3-8,22H,2H2,1H3,(H,24,25). The van der Waals surface area contributed by atoms with Gasteiger partial charge in [0.2, 0.25) is 5.43 Å². The van der Waals surface area contributed by atoms with Gasteiger partial charge in [-0.1, -0.05) is 12.1 Å². The van der Waals surface area contributed by atoms with Gasteiger partial charge in [0.1, 0.15) is 17.1 Å². The van der Waals surface area contributed by atoms with Crippen LogP contribution in [0.1, 0.15) is 17.3 Å². The molecule has 0 aliphatic heterocycles. The van der Waals surface area contributed by atoms with Crippen LogP contribution >= 0.6 is 0 Å². The molecule has 0 unspecified atom stereocenters. The number of fused-ring (bicyclic) bond motifs is 1. The number of pyridine rings is 1. The first kappa shape index (κ1) is 16.6. The van der Waals surface area contributed by atoms with Crippen LogP contribution in [-0.2, 0) is 6.54 Å². The number of nitrogens with zero attached hydrogens (tertiary/aromatic N) is 1. The van der Waals surface area contributed by atoms with Crippen LogP contribution in [0.15, 0.2) is 41.3 Å². The second-order valence-electron chi connectivity index (χ2n) is 5.45. The Balaban J connectivity index is 2.44. The van der Waals surface area contributed by atoms with E-state index in [9.17, 15) is 19.1 Å². The van der Waals surface area contributed by atoms with Crippen molar-refractivity contribution in [2.75, 3.05) is 0 Å². The lowest BCUT2D eigenvalue weighted by Crippen LogP contribution is -2.20. The molecule has 0 bridgehead atoms. The highest BCUT2D eigenvalue weighted by Crippen LogP contribution is 2.32. The number of carboxylic acids is 1. The summed E-state index contributed by atoms with van der Waals surface area (Å²) in [6, 6.07) is 6.13. The molecule has 128 valence electrons. The number of aryl methyl sites for hydroxylation is 1. The fraction of sp³-hybridized carbons (Fsp3) is 0.111. The van der Waals surface area contributed by atoms with Crippen LogP contribution in [-0.4, -0.2) is 20.7 Å². The summed E-state index contributed by atoms with van der Waals surface area (Å²) in [6.45, 7) is 1.84. The summed E-state index contributed by atoms with van der Waals surface area (Å²) < 4.78 is 30.8. The van der Waals surface area contributed by atoms with Crippen molar-refractivity contribution in [1.29, 1.82) is 0 Å². The molecule has 1 aromatic heterocycles. The average Bonchev–Trinajstić information content (AvgIpc) is 2.57. The molecule has 0 aliphatic rings. The molecule has 0 radical (unpaired) electrons. The van der Waals surface area contributed by atoms with Gasteiger partial charge in [-0.15, -0.1) is 0 Å². The van der Waals surface area contributed by atoms with E-state index in [-0.39, 0.29) is 34.3 Å². The molecule has 2 aromatic carbocycles. The van der Waals surface area contributed by atoms with Crippen LogP contribution in [0.5, 0.6) is 5.75 Å². The molecule has 3 aromatic rings. The third-order valence-electron chi connectivity index (χ3n) is 3.98. The molecule has 0 fully saturated rings. The Morgan fingerprint density at radius 3 is 2.40 bits per heavy atom. The summed E-state index contributed by atoms with van der Waals surface area (Å²) in [4.78, 5) is 23.5. The predicted octanol–water partition coefficient (Wildman–Crippen LogP) is 3.37. The first-order valence-corrected chi connectivity index (χ1v) is 7.43. The van der Waals surface area contributed by atoms with Crippen molar-refractivity contribution in [2.24, 2.45) is 0 Å². The van der Waals surface area contributed by atoms with E-state index in [1.54, 1.807) is 6.92 Å². The van der Waals surface area contributed by atoms with Gasteiger partial charge in [0, 0.05) is 12.7 Å². The highest BCUT2D eigenvalue weighted by Gasteiger charge is 2.22. The smallest absolute Gasteiger partial charge is 0.341 e. The second-order valence-corrected chi connectivity index (χ2v) is 5.45. The number of phenolic OH excluding ortho intramolecular Hbond substituents is 1. The van der Waals surface area contributed by atoms with Gasteiger partial charge in [-0.25, -0.2) is 13.6 Å². The summed E-state index contributed by atoms with van der Waals surface area (Å²) >= 11 is 0. The van der Waals surface area contributed by atoms with E-state index in [0.717, 1.165) is 12.3 Å². The van der Waals surface area contributed by atoms with Gasteiger partial charge in [0.05, 0.1) is 16.5 Å². The summed E-state index contributed by atoms with van der Waals surface area (Å²) in [7, 11) is 0.